The minimum Gasteiger partial charge on any atom is -0.367 e. The zero-order valence-electron chi connectivity index (χ0n) is 15.8. The van der Waals surface area contributed by atoms with Gasteiger partial charge in [-0.15, -0.1) is 0 Å². The lowest BCUT2D eigenvalue weighted by atomic mass is 10.2. The number of sulfonamides is 1. The summed E-state index contributed by atoms with van der Waals surface area (Å²) in [7, 11) is -3.67. The summed E-state index contributed by atoms with van der Waals surface area (Å²) >= 11 is 0. The van der Waals surface area contributed by atoms with Gasteiger partial charge in [0.15, 0.2) is 5.78 Å². The molecule has 0 spiro atoms. The van der Waals surface area contributed by atoms with Gasteiger partial charge in [-0.2, -0.15) is 0 Å². The van der Waals surface area contributed by atoms with E-state index in [0.717, 1.165) is 13.1 Å². The largest absolute Gasteiger partial charge is 0.367 e. The van der Waals surface area contributed by atoms with E-state index in [0.29, 0.717) is 30.9 Å². The SMILES string of the molecule is CC(=O)c1cccc(S(=O)(=O)NCCN2CCN(c3ccccc3F)CC2)c1. The van der Waals surface area contributed by atoms with E-state index in [2.05, 4.69) is 9.62 Å². The molecule has 0 radical (unpaired) electrons. The quantitative estimate of drug-likeness (QED) is 0.715. The summed E-state index contributed by atoms with van der Waals surface area (Å²) in [6.07, 6.45) is 0. The van der Waals surface area contributed by atoms with Crippen LogP contribution in [0.5, 0.6) is 0 Å². The van der Waals surface area contributed by atoms with Crippen molar-refractivity contribution in [3.05, 3.63) is 59.9 Å². The second kappa shape index (κ2) is 8.81. The van der Waals surface area contributed by atoms with Crippen LogP contribution in [-0.4, -0.2) is 58.4 Å². The van der Waals surface area contributed by atoms with Crippen molar-refractivity contribution < 1.29 is 17.6 Å². The highest BCUT2D eigenvalue weighted by molar-refractivity contribution is 7.89. The Hall–Kier alpha value is -2.29. The number of anilines is 1. The minimum absolute atomic E-state index is 0.0876. The summed E-state index contributed by atoms with van der Waals surface area (Å²) in [4.78, 5) is 15.7. The standard InChI is InChI=1S/C20H24FN3O3S/c1-16(25)17-5-4-6-18(15-17)28(26,27)22-9-10-23-11-13-24(14-12-23)20-8-3-2-7-19(20)21/h2-8,15,22H,9-14H2,1H3. The number of piperazine rings is 1. The second-order valence-electron chi connectivity index (χ2n) is 6.76. The van der Waals surface area contributed by atoms with Crippen molar-refractivity contribution in [3.63, 3.8) is 0 Å². The van der Waals surface area contributed by atoms with Crippen LogP contribution in [0, 0.1) is 5.82 Å². The molecule has 0 unspecified atom stereocenters. The Morgan fingerprint density at radius 1 is 1.07 bits per heavy atom. The number of carbonyl (C=O) groups is 1. The maximum atomic E-state index is 13.9. The fourth-order valence-electron chi connectivity index (χ4n) is 3.22. The van der Waals surface area contributed by atoms with Gasteiger partial charge in [-0.3, -0.25) is 9.69 Å². The molecule has 1 fully saturated rings. The van der Waals surface area contributed by atoms with Crippen molar-refractivity contribution in [3.8, 4) is 0 Å². The zero-order valence-corrected chi connectivity index (χ0v) is 16.6. The van der Waals surface area contributed by atoms with Crippen LogP contribution in [0.25, 0.3) is 0 Å². The minimum atomic E-state index is -3.67. The summed E-state index contributed by atoms with van der Waals surface area (Å²) in [5, 5.41) is 0. The molecule has 150 valence electrons. The molecule has 0 bridgehead atoms. The Morgan fingerprint density at radius 2 is 1.79 bits per heavy atom. The van der Waals surface area contributed by atoms with E-state index >= 15 is 0 Å². The van der Waals surface area contributed by atoms with Crippen molar-refractivity contribution in [1.82, 2.24) is 9.62 Å². The van der Waals surface area contributed by atoms with E-state index in [9.17, 15) is 17.6 Å². The number of carbonyl (C=O) groups excluding carboxylic acids is 1. The molecule has 0 amide bonds. The number of para-hydroxylation sites is 1. The smallest absolute Gasteiger partial charge is 0.240 e. The van der Waals surface area contributed by atoms with Crippen LogP contribution < -0.4 is 9.62 Å². The van der Waals surface area contributed by atoms with Gasteiger partial charge in [0.05, 0.1) is 10.6 Å². The molecule has 3 rings (SSSR count). The zero-order chi connectivity index (χ0) is 20.1. The first kappa shape index (κ1) is 20.4. The van der Waals surface area contributed by atoms with Gasteiger partial charge in [0, 0.05) is 44.8 Å². The van der Waals surface area contributed by atoms with Crippen LogP contribution in [0.3, 0.4) is 0 Å². The lowest BCUT2D eigenvalue weighted by Crippen LogP contribution is -2.48. The number of benzene rings is 2. The van der Waals surface area contributed by atoms with Gasteiger partial charge in [-0.25, -0.2) is 17.5 Å². The maximum absolute atomic E-state index is 13.9. The van der Waals surface area contributed by atoms with E-state index in [1.54, 1.807) is 24.3 Å². The van der Waals surface area contributed by atoms with E-state index in [1.165, 1.54) is 25.1 Å². The van der Waals surface area contributed by atoms with Gasteiger partial charge in [0.2, 0.25) is 10.0 Å². The molecule has 0 atom stereocenters. The molecule has 1 saturated heterocycles. The van der Waals surface area contributed by atoms with Crippen LogP contribution in [0.1, 0.15) is 17.3 Å². The Morgan fingerprint density at radius 3 is 2.46 bits per heavy atom. The number of halogens is 1. The Bertz CT molecular complexity index is 941. The Balaban J connectivity index is 1.50. The fourth-order valence-corrected chi connectivity index (χ4v) is 4.29. The molecular weight excluding hydrogens is 381 g/mol. The maximum Gasteiger partial charge on any atom is 0.240 e. The molecule has 1 aliphatic rings. The van der Waals surface area contributed by atoms with Gasteiger partial charge in [0.1, 0.15) is 5.82 Å². The molecule has 1 heterocycles. The number of hydrogen-bond acceptors (Lipinski definition) is 5. The Labute approximate surface area is 165 Å². The first-order chi connectivity index (χ1) is 13.4. The van der Waals surface area contributed by atoms with Crippen LogP contribution in [0.15, 0.2) is 53.4 Å². The van der Waals surface area contributed by atoms with Crippen molar-refractivity contribution in [1.29, 1.82) is 0 Å². The molecule has 28 heavy (non-hydrogen) atoms. The lowest BCUT2D eigenvalue weighted by Gasteiger charge is -2.36. The van der Waals surface area contributed by atoms with Gasteiger partial charge in [-0.1, -0.05) is 24.3 Å². The van der Waals surface area contributed by atoms with Gasteiger partial charge >= 0.3 is 0 Å². The third-order valence-electron chi connectivity index (χ3n) is 4.84. The van der Waals surface area contributed by atoms with Gasteiger partial charge in [0.25, 0.3) is 0 Å². The highest BCUT2D eigenvalue weighted by Crippen LogP contribution is 2.20. The van der Waals surface area contributed by atoms with Crippen molar-refractivity contribution in [2.45, 2.75) is 11.8 Å². The predicted octanol–water partition coefficient (Wildman–Crippen LogP) is 2.13. The highest BCUT2D eigenvalue weighted by atomic mass is 32.2. The topological polar surface area (TPSA) is 69.7 Å². The number of Topliss-reactive ketones (excluding diaryl/α,β-unsaturated/α-hetero) is 1. The predicted molar refractivity (Wildman–Crippen MR) is 107 cm³/mol. The van der Waals surface area contributed by atoms with Crippen molar-refractivity contribution in [2.75, 3.05) is 44.2 Å². The highest BCUT2D eigenvalue weighted by Gasteiger charge is 2.20. The Kier molecular flexibility index (Phi) is 6.43. The summed E-state index contributed by atoms with van der Waals surface area (Å²) in [6.45, 7) is 5.08. The molecule has 1 N–H and O–H groups in total. The van der Waals surface area contributed by atoms with Crippen molar-refractivity contribution in [2.24, 2.45) is 0 Å². The normalized spacial score (nSPS) is 15.6. The summed E-state index contributed by atoms with van der Waals surface area (Å²) in [6, 6.07) is 12.7. The number of nitrogens with one attached hydrogen (secondary N) is 1. The van der Waals surface area contributed by atoms with E-state index in [1.807, 2.05) is 11.0 Å². The van der Waals surface area contributed by atoms with Gasteiger partial charge < -0.3 is 4.90 Å². The number of hydrogen-bond donors (Lipinski definition) is 1. The molecule has 8 heteroatoms. The van der Waals surface area contributed by atoms with E-state index in [-0.39, 0.29) is 23.0 Å². The molecule has 0 saturated carbocycles. The number of ketones is 1. The van der Waals surface area contributed by atoms with E-state index < -0.39 is 10.0 Å². The van der Waals surface area contributed by atoms with Gasteiger partial charge in [-0.05, 0) is 31.2 Å². The third-order valence-corrected chi connectivity index (χ3v) is 6.30. The summed E-state index contributed by atoms with van der Waals surface area (Å²) in [5.41, 5.74) is 0.973. The average Bonchev–Trinajstić information content (AvgIpc) is 2.69. The molecule has 2 aromatic rings. The molecule has 6 nitrogen and oxygen atoms in total. The summed E-state index contributed by atoms with van der Waals surface area (Å²) < 4.78 is 41.3. The fraction of sp³-hybridized carbons (Fsp3) is 0.350. The van der Waals surface area contributed by atoms with Crippen LogP contribution >= 0.6 is 0 Å². The third kappa shape index (κ3) is 4.95. The number of rotatable bonds is 7. The first-order valence-electron chi connectivity index (χ1n) is 9.19. The molecule has 2 aromatic carbocycles. The summed E-state index contributed by atoms with van der Waals surface area (Å²) in [5.74, 6) is -0.402. The first-order valence-corrected chi connectivity index (χ1v) is 10.7. The molecule has 1 aliphatic heterocycles. The average molecular weight is 405 g/mol. The lowest BCUT2D eigenvalue weighted by molar-refractivity contribution is 0.101. The monoisotopic (exact) mass is 405 g/mol. The van der Waals surface area contributed by atoms with Crippen molar-refractivity contribution >= 4 is 21.5 Å². The van der Waals surface area contributed by atoms with Crippen LogP contribution in [0.4, 0.5) is 10.1 Å². The number of nitrogens with zero attached hydrogens (tertiary/aromatic N) is 2. The van der Waals surface area contributed by atoms with Crippen LogP contribution in [0.2, 0.25) is 0 Å². The molecule has 0 aliphatic carbocycles. The van der Waals surface area contributed by atoms with E-state index in [4.69, 9.17) is 0 Å². The van der Waals surface area contributed by atoms with Crippen LogP contribution in [-0.2, 0) is 10.0 Å². The second-order valence-corrected chi connectivity index (χ2v) is 8.53. The molecular formula is C20H24FN3O3S. The molecule has 0 aromatic heterocycles.